The first-order chi connectivity index (χ1) is 9.29. The number of pyridine rings is 1. The van der Waals surface area contributed by atoms with E-state index in [1.165, 1.54) is 0 Å². The number of aromatic nitrogens is 1. The first-order valence-electron chi connectivity index (χ1n) is 6.20. The van der Waals surface area contributed by atoms with Gasteiger partial charge >= 0.3 is 0 Å². The fraction of sp³-hybridized carbons (Fsp3) is 0.0588. The smallest absolute Gasteiger partial charge is 0.150 e. The summed E-state index contributed by atoms with van der Waals surface area (Å²) < 4.78 is 0. The molecule has 0 saturated carbocycles. The molecule has 19 heavy (non-hydrogen) atoms. The van der Waals surface area contributed by atoms with Crippen molar-refractivity contribution in [1.82, 2.24) is 4.98 Å². The minimum Gasteiger partial charge on any atom is -0.298 e. The van der Waals surface area contributed by atoms with Gasteiger partial charge in [0.25, 0.3) is 0 Å². The molecular weight excluding hydrogens is 234 g/mol. The third-order valence-corrected chi connectivity index (χ3v) is 3.25. The fourth-order valence-electron chi connectivity index (χ4n) is 2.35. The minimum atomic E-state index is 0.715. The third kappa shape index (κ3) is 2.02. The molecule has 0 aliphatic carbocycles. The second-order valence-corrected chi connectivity index (χ2v) is 4.53. The Labute approximate surface area is 111 Å². The van der Waals surface area contributed by atoms with Crippen LogP contribution in [0.25, 0.3) is 22.0 Å². The molecule has 1 aromatic heterocycles. The Hall–Kier alpha value is -2.48. The zero-order chi connectivity index (χ0) is 13.2. The lowest BCUT2D eigenvalue weighted by molar-refractivity contribution is 0.112. The second-order valence-electron chi connectivity index (χ2n) is 4.53. The molecule has 0 spiro atoms. The van der Waals surface area contributed by atoms with E-state index in [-0.39, 0.29) is 0 Å². The van der Waals surface area contributed by atoms with Gasteiger partial charge < -0.3 is 0 Å². The van der Waals surface area contributed by atoms with Crippen LogP contribution in [-0.4, -0.2) is 11.3 Å². The summed E-state index contributed by atoms with van der Waals surface area (Å²) in [5, 5.41) is 2.03. The molecule has 3 rings (SSSR count). The number of rotatable bonds is 2. The molecule has 2 heteroatoms. The quantitative estimate of drug-likeness (QED) is 0.640. The average Bonchev–Trinajstić information content (AvgIpc) is 2.46. The summed E-state index contributed by atoms with van der Waals surface area (Å²) in [4.78, 5) is 15.7. The number of hydrogen-bond acceptors (Lipinski definition) is 2. The Bertz CT molecular complexity index is 762. The van der Waals surface area contributed by atoms with E-state index in [9.17, 15) is 4.79 Å². The van der Waals surface area contributed by atoms with Gasteiger partial charge in [-0.05, 0) is 29.8 Å². The summed E-state index contributed by atoms with van der Waals surface area (Å²) in [7, 11) is 0. The standard InChI is InChI=1S/C17H13NO/c1-12-5-2-10-17(18-12)16-9-4-7-14-13(11-19)6-3-8-15(14)16/h2-11H,1H3. The number of carbonyl (C=O) groups is 1. The van der Waals surface area contributed by atoms with Gasteiger partial charge in [0.1, 0.15) is 0 Å². The number of nitrogens with zero attached hydrogens (tertiary/aromatic N) is 1. The van der Waals surface area contributed by atoms with Crippen molar-refractivity contribution >= 4 is 17.1 Å². The highest BCUT2D eigenvalue weighted by Crippen LogP contribution is 2.28. The molecule has 0 aliphatic heterocycles. The van der Waals surface area contributed by atoms with Gasteiger partial charge in [-0.15, -0.1) is 0 Å². The molecule has 92 valence electrons. The highest BCUT2D eigenvalue weighted by atomic mass is 16.1. The van der Waals surface area contributed by atoms with Gasteiger partial charge in [0.15, 0.2) is 6.29 Å². The number of carbonyl (C=O) groups excluding carboxylic acids is 1. The number of benzene rings is 2. The van der Waals surface area contributed by atoms with Gasteiger partial charge in [-0.3, -0.25) is 9.78 Å². The summed E-state index contributed by atoms with van der Waals surface area (Å²) in [5.74, 6) is 0. The van der Waals surface area contributed by atoms with Gasteiger partial charge in [-0.1, -0.05) is 42.5 Å². The topological polar surface area (TPSA) is 30.0 Å². The van der Waals surface area contributed by atoms with E-state index in [1.54, 1.807) is 0 Å². The van der Waals surface area contributed by atoms with Crippen LogP contribution in [0.2, 0.25) is 0 Å². The first-order valence-corrected chi connectivity index (χ1v) is 6.20. The zero-order valence-electron chi connectivity index (χ0n) is 10.6. The summed E-state index contributed by atoms with van der Waals surface area (Å²) in [6.07, 6.45) is 0.899. The normalized spacial score (nSPS) is 10.6. The molecule has 2 aromatic carbocycles. The Balaban J connectivity index is 2.33. The molecule has 0 atom stereocenters. The van der Waals surface area contributed by atoms with E-state index in [4.69, 9.17) is 0 Å². The number of hydrogen-bond donors (Lipinski definition) is 0. The molecule has 0 aliphatic rings. The van der Waals surface area contributed by atoms with E-state index in [0.29, 0.717) is 5.56 Å². The molecule has 0 saturated heterocycles. The summed E-state index contributed by atoms with van der Waals surface area (Å²) in [6.45, 7) is 1.98. The Morgan fingerprint density at radius 1 is 0.895 bits per heavy atom. The van der Waals surface area contributed by atoms with Gasteiger partial charge in [-0.2, -0.15) is 0 Å². The molecular formula is C17H13NO. The van der Waals surface area contributed by atoms with Gasteiger partial charge in [0, 0.05) is 16.8 Å². The Kier molecular flexibility index (Phi) is 2.84. The van der Waals surface area contributed by atoms with Crippen LogP contribution in [0.3, 0.4) is 0 Å². The van der Waals surface area contributed by atoms with Crippen molar-refractivity contribution < 1.29 is 4.79 Å². The van der Waals surface area contributed by atoms with Crippen LogP contribution in [0.4, 0.5) is 0 Å². The van der Waals surface area contributed by atoms with Crippen molar-refractivity contribution in [3.63, 3.8) is 0 Å². The molecule has 3 aromatic rings. The molecule has 1 heterocycles. The van der Waals surface area contributed by atoms with E-state index in [0.717, 1.165) is 34.0 Å². The molecule has 0 amide bonds. The van der Waals surface area contributed by atoms with E-state index in [1.807, 2.05) is 61.5 Å². The predicted octanol–water partition coefficient (Wildman–Crippen LogP) is 4.02. The van der Waals surface area contributed by atoms with Crippen LogP contribution >= 0.6 is 0 Å². The molecule has 2 nitrogen and oxygen atoms in total. The monoisotopic (exact) mass is 247 g/mol. The molecule has 0 bridgehead atoms. The summed E-state index contributed by atoms with van der Waals surface area (Å²) in [6, 6.07) is 17.7. The maximum absolute atomic E-state index is 11.1. The van der Waals surface area contributed by atoms with E-state index < -0.39 is 0 Å². The van der Waals surface area contributed by atoms with Gasteiger partial charge in [0.05, 0.1) is 5.69 Å². The maximum Gasteiger partial charge on any atom is 0.150 e. The van der Waals surface area contributed by atoms with Crippen molar-refractivity contribution in [1.29, 1.82) is 0 Å². The largest absolute Gasteiger partial charge is 0.298 e. The first kappa shape index (κ1) is 11.6. The minimum absolute atomic E-state index is 0.715. The van der Waals surface area contributed by atoms with Crippen LogP contribution in [0.1, 0.15) is 16.1 Å². The molecule has 0 N–H and O–H groups in total. The number of fused-ring (bicyclic) bond motifs is 1. The third-order valence-electron chi connectivity index (χ3n) is 3.25. The molecule has 0 unspecified atom stereocenters. The van der Waals surface area contributed by atoms with Crippen molar-refractivity contribution in [3.8, 4) is 11.3 Å². The second kappa shape index (κ2) is 4.65. The van der Waals surface area contributed by atoms with Gasteiger partial charge in [0.2, 0.25) is 0 Å². The summed E-state index contributed by atoms with van der Waals surface area (Å²) >= 11 is 0. The highest BCUT2D eigenvalue weighted by molar-refractivity contribution is 6.04. The molecule has 0 fully saturated rings. The zero-order valence-corrected chi connectivity index (χ0v) is 10.6. The van der Waals surface area contributed by atoms with Crippen molar-refractivity contribution in [2.24, 2.45) is 0 Å². The average molecular weight is 247 g/mol. The van der Waals surface area contributed by atoms with Gasteiger partial charge in [-0.25, -0.2) is 0 Å². The number of aryl methyl sites for hydroxylation is 1. The van der Waals surface area contributed by atoms with Crippen LogP contribution in [0.5, 0.6) is 0 Å². The van der Waals surface area contributed by atoms with Crippen LogP contribution in [-0.2, 0) is 0 Å². The maximum atomic E-state index is 11.1. The van der Waals surface area contributed by atoms with Crippen LogP contribution in [0, 0.1) is 6.92 Å². The van der Waals surface area contributed by atoms with E-state index >= 15 is 0 Å². The molecule has 0 radical (unpaired) electrons. The predicted molar refractivity (Wildman–Crippen MR) is 77.3 cm³/mol. The van der Waals surface area contributed by atoms with E-state index in [2.05, 4.69) is 4.98 Å². The lowest BCUT2D eigenvalue weighted by atomic mass is 9.98. The number of aldehydes is 1. The van der Waals surface area contributed by atoms with Crippen molar-refractivity contribution in [2.45, 2.75) is 6.92 Å². The fourth-order valence-corrected chi connectivity index (χ4v) is 2.35. The lowest BCUT2D eigenvalue weighted by Crippen LogP contribution is -1.89. The Morgan fingerprint density at radius 3 is 2.42 bits per heavy atom. The lowest BCUT2D eigenvalue weighted by Gasteiger charge is -2.08. The highest BCUT2D eigenvalue weighted by Gasteiger charge is 2.07. The van der Waals surface area contributed by atoms with Crippen molar-refractivity contribution in [2.75, 3.05) is 0 Å². The van der Waals surface area contributed by atoms with Crippen LogP contribution in [0.15, 0.2) is 54.6 Å². The Morgan fingerprint density at radius 2 is 1.63 bits per heavy atom. The van der Waals surface area contributed by atoms with Crippen molar-refractivity contribution in [3.05, 3.63) is 65.9 Å². The van der Waals surface area contributed by atoms with Crippen LogP contribution < -0.4 is 0 Å². The summed E-state index contributed by atoms with van der Waals surface area (Å²) in [5.41, 5.74) is 3.70. The SMILES string of the molecule is Cc1cccc(-c2cccc3c(C=O)cccc23)n1.